The third kappa shape index (κ3) is 1.36. The van der Waals surface area contributed by atoms with Crippen LogP contribution in [0.5, 0.6) is 5.75 Å². The smallest absolute Gasteiger partial charge is 0.137 e. The summed E-state index contributed by atoms with van der Waals surface area (Å²) in [6.45, 7) is -0.179. The SMILES string of the molecule is COc1csc2cc(F)cc(CO)c12. The zero-order valence-corrected chi connectivity index (χ0v) is 8.40. The lowest BCUT2D eigenvalue weighted by Crippen LogP contribution is -1.88. The molecule has 0 bridgehead atoms. The van der Waals surface area contributed by atoms with Gasteiger partial charge >= 0.3 is 0 Å². The molecule has 14 heavy (non-hydrogen) atoms. The summed E-state index contributed by atoms with van der Waals surface area (Å²) in [5, 5.41) is 11.7. The van der Waals surface area contributed by atoms with Crippen molar-refractivity contribution in [2.75, 3.05) is 7.11 Å². The minimum atomic E-state index is -0.328. The molecule has 2 rings (SSSR count). The lowest BCUT2D eigenvalue weighted by atomic mass is 10.1. The third-order valence-electron chi connectivity index (χ3n) is 2.08. The molecule has 1 heterocycles. The number of hydrogen-bond acceptors (Lipinski definition) is 3. The van der Waals surface area contributed by atoms with E-state index in [1.54, 1.807) is 7.11 Å². The van der Waals surface area contributed by atoms with E-state index in [4.69, 9.17) is 9.84 Å². The normalized spacial score (nSPS) is 10.8. The topological polar surface area (TPSA) is 29.5 Å². The van der Waals surface area contributed by atoms with Crippen LogP contribution < -0.4 is 4.74 Å². The van der Waals surface area contributed by atoms with Gasteiger partial charge in [0.05, 0.1) is 13.7 Å². The fourth-order valence-corrected chi connectivity index (χ4v) is 2.44. The zero-order valence-electron chi connectivity index (χ0n) is 7.58. The summed E-state index contributed by atoms with van der Waals surface area (Å²) >= 11 is 1.41. The van der Waals surface area contributed by atoms with E-state index in [0.29, 0.717) is 11.3 Å². The Morgan fingerprint density at radius 3 is 2.93 bits per heavy atom. The van der Waals surface area contributed by atoms with E-state index in [2.05, 4.69) is 0 Å². The van der Waals surface area contributed by atoms with Crippen LogP contribution in [-0.2, 0) is 6.61 Å². The van der Waals surface area contributed by atoms with E-state index in [9.17, 15) is 4.39 Å². The van der Waals surface area contributed by atoms with Gasteiger partial charge in [0, 0.05) is 15.5 Å². The molecule has 0 saturated carbocycles. The maximum absolute atomic E-state index is 13.1. The molecule has 2 aromatic rings. The fraction of sp³-hybridized carbons (Fsp3) is 0.200. The van der Waals surface area contributed by atoms with Crippen molar-refractivity contribution in [2.45, 2.75) is 6.61 Å². The fourth-order valence-electron chi connectivity index (χ4n) is 1.46. The van der Waals surface area contributed by atoms with Gasteiger partial charge in [-0.1, -0.05) is 0 Å². The van der Waals surface area contributed by atoms with E-state index < -0.39 is 0 Å². The predicted molar refractivity (Wildman–Crippen MR) is 54.3 cm³/mol. The van der Waals surface area contributed by atoms with E-state index in [0.717, 1.165) is 10.1 Å². The monoisotopic (exact) mass is 212 g/mol. The Morgan fingerprint density at radius 2 is 2.29 bits per heavy atom. The molecule has 0 aliphatic rings. The van der Waals surface area contributed by atoms with Crippen LogP contribution in [0.15, 0.2) is 17.5 Å². The Kier molecular flexibility index (Phi) is 2.39. The van der Waals surface area contributed by atoms with Crippen LogP contribution in [0.3, 0.4) is 0 Å². The molecule has 2 nitrogen and oxygen atoms in total. The van der Waals surface area contributed by atoms with Crippen molar-refractivity contribution in [3.8, 4) is 5.75 Å². The highest BCUT2D eigenvalue weighted by atomic mass is 32.1. The summed E-state index contributed by atoms with van der Waals surface area (Å²) in [7, 11) is 1.56. The number of halogens is 1. The summed E-state index contributed by atoms with van der Waals surface area (Å²) in [4.78, 5) is 0. The van der Waals surface area contributed by atoms with E-state index in [1.165, 1.54) is 23.5 Å². The summed E-state index contributed by atoms with van der Waals surface area (Å²) in [5.41, 5.74) is 0.568. The minimum Gasteiger partial charge on any atom is -0.495 e. The van der Waals surface area contributed by atoms with E-state index in [-0.39, 0.29) is 12.4 Å². The number of benzene rings is 1. The molecule has 0 spiro atoms. The Balaban J connectivity index is 2.78. The average Bonchev–Trinajstić information content (AvgIpc) is 2.59. The third-order valence-corrected chi connectivity index (χ3v) is 2.99. The van der Waals surface area contributed by atoms with Crippen LogP contribution in [0.2, 0.25) is 0 Å². The molecule has 1 aromatic carbocycles. The second-order valence-corrected chi connectivity index (χ2v) is 3.81. The van der Waals surface area contributed by atoms with E-state index >= 15 is 0 Å². The zero-order chi connectivity index (χ0) is 10.1. The maximum Gasteiger partial charge on any atom is 0.137 e. The summed E-state index contributed by atoms with van der Waals surface area (Å²) in [6.07, 6.45) is 0. The van der Waals surface area contributed by atoms with Crippen molar-refractivity contribution < 1.29 is 14.2 Å². The largest absolute Gasteiger partial charge is 0.495 e. The summed E-state index contributed by atoms with van der Waals surface area (Å²) < 4.78 is 19.0. The van der Waals surface area contributed by atoms with Gasteiger partial charge in [0.1, 0.15) is 11.6 Å². The lowest BCUT2D eigenvalue weighted by molar-refractivity contribution is 0.282. The van der Waals surface area contributed by atoms with Gasteiger partial charge in [-0.3, -0.25) is 0 Å². The van der Waals surface area contributed by atoms with Gasteiger partial charge in [-0.15, -0.1) is 11.3 Å². The summed E-state index contributed by atoms with van der Waals surface area (Å²) in [6, 6.07) is 2.78. The molecule has 0 aliphatic heterocycles. The van der Waals surface area contributed by atoms with Crippen LogP contribution >= 0.6 is 11.3 Å². The quantitative estimate of drug-likeness (QED) is 0.829. The molecule has 4 heteroatoms. The first-order valence-electron chi connectivity index (χ1n) is 4.10. The van der Waals surface area contributed by atoms with Crippen molar-refractivity contribution in [1.82, 2.24) is 0 Å². The molecular formula is C10H9FO2S. The van der Waals surface area contributed by atoms with Gasteiger partial charge in [-0.25, -0.2) is 4.39 Å². The average molecular weight is 212 g/mol. The predicted octanol–water partition coefficient (Wildman–Crippen LogP) is 2.54. The highest BCUT2D eigenvalue weighted by molar-refractivity contribution is 7.17. The van der Waals surface area contributed by atoms with Crippen molar-refractivity contribution in [2.24, 2.45) is 0 Å². The number of ether oxygens (including phenoxy) is 1. The van der Waals surface area contributed by atoms with Crippen molar-refractivity contribution in [3.63, 3.8) is 0 Å². The van der Waals surface area contributed by atoms with Gasteiger partial charge in [0.25, 0.3) is 0 Å². The van der Waals surface area contributed by atoms with Crippen LogP contribution in [0, 0.1) is 5.82 Å². The minimum absolute atomic E-state index is 0.179. The highest BCUT2D eigenvalue weighted by Gasteiger charge is 2.10. The van der Waals surface area contributed by atoms with Gasteiger partial charge < -0.3 is 9.84 Å². The van der Waals surface area contributed by atoms with Gasteiger partial charge in [0.2, 0.25) is 0 Å². The highest BCUT2D eigenvalue weighted by Crippen LogP contribution is 2.35. The first-order chi connectivity index (χ1) is 6.76. The number of rotatable bonds is 2. The van der Waals surface area contributed by atoms with E-state index in [1.807, 2.05) is 5.38 Å². The molecule has 1 N–H and O–H groups in total. The summed E-state index contributed by atoms with van der Waals surface area (Å²) in [5.74, 6) is 0.361. The van der Waals surface area contributed by atoms with Crippen LogP contribution in [0.1, 0.15) is 5.56 Å². The maximum atomic E-state index is 13.1. The standard InChI is InChI=1S/C10H9FO2S/c1-13-8-5-14-9-3-7(11)2-6(4-12)10(8)9/h2-3,5,12H,4H2,1H3. The second kappa shape index (κ2) is 3.55. The number of fused-ring (bicyclic) bond motifs is 1. The molecule has 74 valence electrons. The molecule has 0 aliphatic carbocycles. The molecule has 0 saturated heterocycles. The molecule has 0 unspecified atom stereocenters. The van der Waals surface area contributed by atoms with Crippen LogP contribution in [-0.4, -0.2) is 12.2 Å². The molecule has 0 amide bonds. The molecule has 0 atom stereocenters. The first kappa shape index (κ1) is 9.43. The van der Waals surface area contributed by atoms with Gasteiger partial charge in [-0.05, 0) is 17.7 Å². The number of aliphatic hydroxyl groups excluding tert-OH is 1. The van der Waals surface area contributed by atoms with Gasteiger partial charge in [0.15, 0.2) is 0 Å². The Morgan fingerprint density at radius 1 is 1.50 bits per heavy atom. The Labute approximate surface area is 84.6 Å². The number of aliphatic hydroxyl groups is 1. The first-order valence-corrected chi connectivity index (χ1v) is 4.98. The van der Waals surface area contributed by atoms with Crippen LogP contribution in [0.25, 0.3) is 10.1 Å². The second-order valence-electron chi connectivity index (χ2n) is 2.90. The van der Waals surface area contributed by atoms with Gasteiger partial charge in [-0.2, -0.15) is 0 Å². The van der Waals surface area contributed by atoms with Crippen molar-refractivity contribution >= 4 is 21.4 Å². The van der Waals surface area contributed by atoms with Crippen LogP contribution in [0.4, 0.5) is 4.39 Å². The van der Waals surface area contributed by atoms with Crippen molar-refractivity contribution in [3.05, 3.63) is 28.9 Å². The lowest BCUT2D eigenvalue weighted by Gasteiger charge is -2.02. The Bertz CT molecular complexity index is 464. The molecule has 1 aromatic heterocycles. The Hall–Kier alpha value is -1.13. The molecule has 0 fully saturated rings. The number of thiophene rings is 1. The van der Waals surface area contributed by atoms with Crippen molar-refractivity contribution in [1.29, 1.82) is 0 Å². The number of methoxy groups -OCH3 is 1. The molecular weight excluding hydrogens is 203 g/mol. The molecule has 0 radical (unpaired) electrons. The number of hydrogen-bond donors (Lipinski definition) is 1.